The number of nitrogens with zero attached hydrogens (tertiary/aromatic N) is 1. The Balaban J connectivity index is 1.96. The van der Waals surface area contributed by atoms with Crippen LogP contribution in [-0.4, -0.2) is 4.98 Å². The molecule has 1 heterocycles. The van der Waals surface area contributed by atoms with Crippen molar-refractivity contribution in [1.82, 2.24) is 4.98 Å². The van der Waals surface area contributed by atoms with Crippen molar-refractivity contribution in [3.8, 4) is 0 Å². The summed E-state index contributed by atoms with van der Waals surface area (Å²) in [6.45, 7) is 4.72. The molecule has 1 aromatic heterocycles. The van der Waals surface area contributed by atoms with Gasteiger partial charge in [0.25, 0.3) is 0 Å². The Morgan fingerprint density at radius 2 is 2.05 bits per heavy atom. The fourth-order valence-corrected chi connectivity index (χ4v) is 1.76. The number of hydrogen-bond donors (Lipinski definition) is 1. The summed E-state index contributed by atoms with van der Waals surface area (Å²) in [5, 5.41) is 3.24. The Kier molecular flexibility index (Phi) is 5.18. The Morgan fingerprint density at radius 3 is 2.70 bits per heavy atom. The molecule has 0 aliphatic carbocycles. The molecular weight excluding hydrogens is 248 g/mol. The predicted octanol–water partition coefficient (Wildman–Crippen LogP) is 4.27. The topological polar surface area (TPSA) is 34.2 Å². The predicted molar refractivity (Wildman–Crippen MR) is 82.2 cm³/mol. The van der Waals surface area contributed by atoms with Crippen LogP contribution in [0.15, 0.2) is 60.8 Å². The van der Waals surface area contributed by atoms with Gasteiger partial charge in [0.1, 0.15) is 6.61 Å². The average Bonchev–Trinajstić information content (AvgIpc) is 2.48. The second-order valence-corrected chi connectivity index (χ2v) is 4.62. The van der Waals surface area contributed by atoms with Crippen LogP contribution >= 0.6 is 0 Å². The molecule has 0 spiro atoms. The SMILES string of the molecule is CC/C=C(/Nc1cccnc1)OCc1ccc(C)cc1. The van der Waals surface area contributed by atoms with E-state index in [1.807, 2.05) is 18.2 Å². The summed E-state index contributed by atoms with van der Waals surface area (Å²) >= 11 is 0. The van der Waals surface area contributed by atoms with Gasteiger partial charge in [0.05, 0.1) is 11.9 Å². The minimum atomic E-state index is 0.555. The Hall–Kier alpha value is -2.29. The van der Waals surface area contributed by atoms with E-state index in [1.165, 1.54) is 5.56 Å². The molecule has 20 heavy (non-hydrogen) atoms. The minimum Gasteiger partial charge on any atom is -0.474 e. The number of allylic oxidation sites excluding steroid dienone is 1. The minimum absolute atomic E-state index is 0.555. The first kappa shape index (κ1) is 14.1. The number of nitrogens with one attached hydrogen (secondary N) is 1. The van der Waals surface area contributed by atoms with Crippen LogP contribution < -0.4 is 5.32 Å². The van der Waals surface area contributed by atoms with Crippen LogP contribution in [-0.2, 0) is 11.3 Å². The highest BCUT2D eigenvalue weighted by atomic mass is 16.5. The first-order valence-corrected chi connectivity index (χ1v) is 6.83. The molecule has 0 amide bonds. The van der Waals surface area contributed by atoms with Gasteiger partial charge in [-0.2, -0.15) is 0 Å². The zero-order valence-corrected chi connectivity index (χ0v) is 12.0. The second-order valence-electron chi connectivity index (χ2n) is 4.62. The van der Waals surface area contributed by atoms with Crippen LogP contribution in [0.25, 0.3) is 0 Å². The van der Waals surface area contributed by atoms with Crippen molar-refractivity contribution in [2.24, 2.45) is 0 Å². The number of pyridine rings is 1. The van der Waals surface area contributed by atoms with Gasteiger partial charge in [0.15, 0.2) is 5.88 Å². The number of aromatic nitrogens is 1. The molecule has 0 aliphatic heterocycles. The van der Waals surface area contributed by atoms with Crippen LogP contribution in [0.2, 0.25) is 0 Å². The van der Waals surface area contributed by atoms with Crippen LogP contribution in [0.1, 0.15) is 24.5 Å². The normalized spacial score (nSPS) is 11.2. The number of hydrogen-bond acceptors (Lipinski definition) is 3. The lowest BCUT2D eigenvalue weighted by Crippen LogP contribution is -2.04. The first-order valence-electron chi connectivity index (χ1n) is 6.83. The van der Waals surface area contributed by atoms with Crippen molar-refractivity contribution in [3.05, 3.63) is 71.9 Å². The summed E-state index contributed by atoms with van der Waals surface area (Å²) in [6, 6.07) is 12.2. The van der Waals surface area contributed by atoms with Crippen LogP contribution in [0, 0.1) is 6.92 Å². The third-order valence-electron chi connectivity index (χ3n) is 2.83. The van der Waals surface area contributed by atoms with E-state index in [-0.39, 0.29) is 0 Å². The van der Waals surface area contributed by atoms with Gasteiger partial charge in [-0.3, -0.25) is 4.98 Å². The van der Waals surface area contributed by atoms with E-state index < -0.39 is 0 Å². The Morgan fingerprint density at radius 1 is 1.25 bits per heavy atom. The second kappa shape index (κ2) is 7.34. The van der Waals surface area contributed by atoms with E-state index in [9.17, 15) is 0 Å². The molecule has 1 N–H and O–H groups in total. The molecule has 2 rings (SSSR count). The van der Waals surface area contributed by atoms with E-state index in [2.05, 4.69) is 48.4 Å². The lowest BCUT2D eigenvalue weighted by molar-refractivity contribution is 0.203. The lowest BCUT2D eigenvalue weighted by Gasteiger charge is -2.13. The molecule has 0 unspecified atom stereocenters. The van der Waals surface area contributed by atoms with Crippen molar-refractivity contribution in [2.45, 2.75) is 26.9 Å². The van der Waals surface area contributed by atoms with Gasteiger partial charge in [0, 0.05) is 6.20 Å². The molecule has 0 saturated carbocycles. The highest BCUT2D eigenvalue weighted by Gasteiger charge is 2.00. The van der Waals surface area contributed by atoms with E-state index in [0.717, 1.165) is 23.6 Å². The van der Waals surface area contributed by atoms with Gasteiger partial charge in [-0.15, -0.1) is 0 Å². The number of aryl methyl sites for hydroxylation is 1. The van der Waals surface area contributed by atoms with Crippen molar-refractivity contribution < 1.29 is 4.74 Å². The molecule has 1 aromatic carbocycles. The summed E-state index contributed by atoms with van der Waals surface area (Å²) in [7, 11) is 0. The standard InChI is InChI=1S/C17H20N2O/c1-3-5-17(19-16-6-4-11-18-12-16)20-13-15-9-7-14(2)8-10-15/h4-12,19H,3,13H2,1-2H3/b17-5-. The third kappa shape index (κ3) is 4.43. The Labute approximate surface area is 120 Å². The number of ether oxygens (including phenoxy) is 1. The average molecular weight is 268 g/mol. The third-order valence-corrected chi connectivity index (χ3v) is 2.83. The molecule has 0 atom stereocenters. The number of rotatable bonds is 6. The molecule has 0 fully saturated rings. The quantitative estimate of drug-likeness (QED) is 0.794. The van der Waals surface area contributed by atoms with Gasteiger partial charge in [-0.25, -0.2) is 0 Å². The van der Waals surface area contributed by atoms with Crippen LogP contribution in [0.5, 0.6) is 0 Å². The maximum absolute atomic E-state index is 5.83. The largest absolute Gasteiger partial charge is 0.474 e. The van der Waals surface area contributed by atoms with Crippen molar-refractivity contribution in [1.29, 1.82) is 0 Å². The van der Waals surface area contributed by atoms with Gasteiger partial charge >= 0.3 is 0 Å². The zero-order valence-electron chi connectivity index (χ0n) is 12.0. The van der Waals surface area contributed by atoms with E-state index >= 15 is 0 Å². The molecule has 0 aliphatic rings. The van der Waals surface area contributed by atoms with Crippen LogP contribution in [0.3, 0.4) is 0 Å². The molecular formula is C17H20N2O. The maximum atomic E-state index is 5.83. The van der Waals surface area contributed by atoms with Crippen LogP contribution in [0.4, 0.5) is 5.69 Å². The molecule has 104 valence electrons. The molecule has 0 bridgehead atoms. The van der Waals surface area contributed by atoms with Crippen molar-refractivity contribution in [3.63, 3.8) is 0 Å². The fourth-order valence-electron chi connectivity index (χ4n) is 1.76. The summed E-state index contributed by atoms with van der Waals surface area (Å²) < 4.78 is 5.83. The van der Waals surface area contributed by atoms with Gasteiger partial charge in [-0.1, -0.05) is 36.8 Å². The first-order chi connectivity index (χ1) is 9.78. The smallest absolute Gasteiger partial charge is 0.187 e. The Bertz CT molecular complexity index is 547. The van der Waals surface area contributed by atoms with Gasteiger partial charge in [0.2, 0.25) is 0 Å². The summed E-state index contributed by atoms with van der Waals surface area (Å²) in [5.74, 6) is 0.765. The highest BCUT2D eigenvalue weighted by molar-refractivity contribution is 5.44. The van der Waals surface area contributed by atoms with Gasteiger partial charge < -0.3 is 10.1 Å². The summed E-state index contributed by atoms with van der Waals surface area (Å²) in [4.78, 5) is 4.08. The van der Waals surface area contributed by atoms with Gasteiger partial charge in [-0.05, 0) is 37.1 Å². The van der Waals surface area contributed by atoms with E-state index in [1.54, 1.807) is 12.4 Å². The maximum Gasteiger partial charge on any atom is 0.187 e. The lowest BCUT2D eigenvalue weighted by atomic mass is 10.2. The molecule has 0 radical (unpaired) electrons. The highest BCUT2D eigenvalue weighted by Crippen LogP contribution is 2.12. The molecule has 2 aromatic rings. The summed E-state index contributed by atoms with van der Waals surface area (Å²) in [5.41, 5.74) is 3.34. The summed E-state index contributed by atoms with van der Waals surface area (Å²) in [6.07, 6.45) is 6.47. The fraction of sp³-hybridized carbons (Fsp3) is 0.235. The molecule has 3 nitrogen and oxygen atoms in total. The number of benzene rings is 1. The van der Waals surface area contributed by atoms with E-state index in [4.69, 9.17) is 4.74 Å². The zero-order chi connectivity index (χ0) is 14.2. The van der Waals surface area contributed by atoms with E-state index in [0.29, 0.717) is 6.61 Å². The van der Waals surface area contributed by atoms with Crippen molar-refractivity contribution in [2.75, 3.05) is 5.32 Å². The number of anilines is 1. The van der Waals surface area contributed by atoms with Crippen molar-refractivity contribution >= 4 is 5.69 Å². The molecule has 0 saturated heterocycles. The molecule has 3 heteroatoms. The monoisotopic (exact) mass is 268 g/mol.